The van der Waals surface area contributed by atoms with Crippen molar-refractivity contribution >= 4 is 23.2 Å². The number of nitrogens with zero attached hydrogens (tertiary/aromatic N) is 1. The minimum atomic E-state index is -4.44. The van der Waals surface area contributed by atoms with Crippen molar-refractivity contribution in [2.24, 2.45) is 0 Å². The average Bonchev–Trinajstić information content (AvgIpc) is 2.63. The Morgan fingerprint density at radius 2 is 1.71 bits per heavy atom. The second kappa shape index (κ2) is 8.91. The molecule has 2 aromatic rings. The quantitative estimate of drug-likeness (QED) is 0.756. The Labute approximate surface area is 162 Å². The first kappa shape index (κ1) is 21.5. The maximum atomic E-state index is 12.7. The van der Waals surface area contributed by atoms with Crippen molar-refractivity contribution in [3.05, 3.63) is 59.2 Å². The molecule has 0 aliphatic carbocycles. The Morgan fingerprint density at radius 3 is 2.25 bits per heavy atom. The van der Waals surface area contributed by atoms with Crippen LogP contribution in [0.15, 0.2) is 42.5 Å². The number of benzene rings is 2. The third-order valence-corrected chi connectivity index (χ3v) is 4.45. The summed E-state index contributed by atoms with van der Waals surface area (Å²) >= 11 is 0. The number of alkyl halides is 3. The van der Waals surface area contributed by atoms with Crippen molar-refractivity contribution in [3.8, 4) is 0 Å². The van der Waals surface area contributed by atoms with E-state index in [-0.39, 0.29) is 24.8 Å². The lowest BCUT2D eigenvalue weighted by Gasteiger charge is -2.22. The fraction of sp³-hybridized carbons (Fsp3) is 0.333. The summed E-state index contributed by atoms with van der Waals surface area (Å²) in [5.74, 6) is -0.611. The molecule has 2 amide bonds. The molecule has 0 aromatic heterocycles. The molecular formula is C21H23F3N2O2. The van der Waals surface area contributed by atoms with Crippen LogP contribution in [0.4, 0.5) is 24.5 Å². The van der Waals surface area contributed by atoms with Crippen molar-refractivity contribution in [2.75, 3.05) is 16.8 Å². The number of aryl methyl sites for hydroxylation is 2. The van der Waals surface area contributed by atoms with Gasteiger partial charge in [-0.2, -0.15) is 13.2 Å². The molecular weight excluding hydrogens is 369 g/mol. The zero-order chi connectivity index (χ0) is 20.9. The molecule has 0 atom stereocenters. The highest BCUT2D eigenvalue weighted by molar-refractivity contribution is 5.95. The molecule has 0 fully saturated rings. The molecule has 1 N–H and O–H groups in total. The van der Waals surface area contributed by atoms with Crippen molar-refractivity contribution in [1.82, 2.24) is 0 Å². The lowest BCUT2D eigenvalue weighted by atomic mass is 10.1. The van der Waals surface area contributed by atoms with Crippen molar-refractivity contribution < 1.29 is 22.8 Å². The normalized spacial score (nSPS) is 11.2. The summed E-state index contributed by atoms with van der Waals surface area (Å²) in [5, 5.41) is 2.88. The van der Waals surface area contributed by atoms with E-state index in [4.69, 9.17) is 0 Å². The van der Waals surface area contributed by atoms with Crippen molar-refractivity contribution in [1.29, 1.82) is 0 Å². The standard InChI is InChI=1S/C21H23F3N2O2/c1-4-16-7-5-6-14(2)20(16)25-19(28)12-13-26(15(3)27)18-10-8-17(9-11-18)21(22,23)24/h5-11H,4,12-13H2,1-3H3,(H,25,28). The number of nitrogens with one attached hydrogen (secondary N) is 1. The molecule has 0 spiro atoms. The van der Waals surface area contributed by atoms with E-state index in [9.17, 15) is 22.8 Å². The Balaban J connectivity index is 2.08. The summed E-state index contributed by atoms with van der Waals surface area (Å²) in [5.41, 5.74) is 2.25. The topological polar surface area (TPSA) is 49.4 Å². The molecule has 2 rings (SSSR count). The van der Waals surface area contributed by atoms with Crippen LogP contribution >= 0.6 is 0 Å². The van der Waals surface area contributed by atoms with Gasteiger partial charge in [-0.3, -0.25) is 9.59 Å². The van der Waals surface area contributed by atoms with Gasteiger partial charge in [-0.05, 0) is 48.7 Å². The molecule has 7 heteroatoms. The van der Waals surface area contributed by atoms with Gasteiger partial charge in [-0.1, -0.05) is 25.1 Å². The van der Waals surface area contributed by atoms with Crippen LogP contribution in [-0.4, -0.2) is 18.4 Å². The van der Waals surface area contributed by atoms with E-state index in [1.165, 1.54) is 24.0 Å². The Kier molecular flexibility index (Phi) is 6.83. The largest absolute Gasteiger partial charge is 0.416 e. The molecule has 150 valence electrons. The van der Waals surface area contributed by atoms with Gasteiger partial charge in [0.15, 0.2) is 0 Å². The van der Waals surface area contributed by atoms with E-state index < -0.39 is 11.7 Å². The van der Waals surface area contributed by atoms with E-state index >= 15 is 0 Å². The number of hydrogen-bond acceptors (Lipinski definition) is 2. The highest BCUT2D eigenvalue weighted by Gasteiger charge is 2.30. The van der Waals surface area contributed by atoms with Crippen LogP contribution in [-0.2, 0) is 22.2 Å². The van der Waals surface area contributed by atoms with Crippen LogP contribution in [0.2, 0.25) is 0 Å². The summed E-state index contributed by atoms with van der Waals surface area (Å²) in [6.07, 6.45) is -3.65. The lowest BCUT2D eigenvalue weighted by molar-refractivity contribution is -0.137. The summed E-state index contributed by atoms with van der Waals surface area (Å²) in [6.45, 7) is 5.28. The fourth-order valence-electron chi connectivity index (χ4n) is 2.92. The van der Waals surface area contributed by atoms with Crippen LogP contribution < -0.4 is 10.2 Å². The summed E-state index contributed by atoms with van der Waals surface area (Å²) in [6, 6.07) is 10.1. The molecule has 0 radical (unpaired) electrons. The van der Waals surface area contributed by atoms with Gasteiger partial charge in [0.1, 0.15) is 0 Å². The molecule has 0 saturated heterocycles. The fourth-order valence-corrected chi connectivity index (χ4v) is 2.92. The number of carbonyl (C=O) groups is 2. The SMILES string of the molecule is CCc1cccc(C)c1NC(=O)CCN(C(C)=O)c1ccc(C(F)(F)F)cc1. The smallest absolute Gasteiger partial charge is 0.326 e. The van der Waals surface area contributed by atoms with E-state index in [2.05, 4.69) is 5.32 Å². The zero-order valence-electron chi connectivity index (χ0n) is 16.1. The molecule has 0 heterocycles. The number of halogens is 3. The molecule has 0 aliphatic heterocycles. The zero-order valence-corrected chi connectivity index (χ0v) is 16.1. The first-order valence-corrected chi connectivity index (χ1v) is 8.97. The van der Waals surface area contributed by atoms with Crippen LogP contribution in [0.25, 0.3) is 0 Å². The van der Waals surface area contributed by atoms with Crippen molar-refractivity contribution in [3.63, 3.8) is 0 Å². The van der Waals surface area contributed by atoms with Gasteiger partial charge in [0, 0.05) is 31.3 Å². The monoisotopic (exact) mass is 392 g/mol. The number of rotatable bonds is 6. The average molecular weight is 392 g/mol. The van der Waals surface area contributed by atoms with Crippen LogP contribution in [0, 0.1) is 6.92 Å². The van der Waals surface area contributed by atoms with Gasteiger partial charge < -0.3 is 10.2 Å². The lowest BCUT2D eigenvalue weighted by Crippen LogP contribution is -2.32. The molecule has 4 nitrogen and oxygen atoms in total. The van der Waals surface area contributed by atoms with Gasteiger partial charge in [0.05, 0.1) is 5.56 Å². The maximum absolute atomic E-state index is 12.7. The molecule has 0 saturated carbocycles. The molecule has 0 aliphatic rings. The molecule has 2 aromatic carbocycles. The third kappa shape index (κ3) is 5.34. The van der Waals surface area contributed by atoms with Gasteiger partial charge in [-0.15, -0.1) is 0 Å². The summed E-state index contributed by atoms with van der Waals surface area (Å²) in [7, 11) is 0. The third-order valence-electron chi connectivity index (χ3n) is 4.45. The number of para-hydroxylation sites is 1. The van der Waals surface area contributed by atoms with Crippen LogP contribution in [0.5, 0.6) is 0 Å². The Hall–Kier alpha value is -2.83. The summed E-state index contributed by atoms with van der Waals surface area (Å²) in [4.78, 5) is 25.6. The maximum Gasteiger partial charge on any atom is 0.416 e. The van der Waals surface area contributed by atoms with E-state index in [0.29, 0.717) is 5.69 Å². The van der Waals surface area contributed by atoms with E-state index in [1.54, 1.807) is 0 Å². The van der Waals surface area contributed by atoms with E-state index in [0.717, 1.165) is 35.4 Å². The van der Waals surface area contributed by atoms with Gasteiger partial charge in [0.2, 0.25) is 11.8 Å². The highest BCUT2D eigenvalue weighted by atomic mass is 19.4. The molecule has 28 heavy (non-hydrogen) atoms. The molecule has 0 bridgehead atoms. The first-order valence-electron chi connectivity index (χ1n) is 8.97. The Bertz CT molecular complexity index is 846. The second-order valence-electron chi connectivity index (χ2n) is 6.48. The van der Waals surface area contributed by atoms with Gasteiger partial charge in [0.25, 0.3) is 0 Å². The summed E-state index contributed by atoms with van der Waals surface area (Å²) < 4.78 is 38.1. The first-order chi connectivity index (χ1) is 13.1. The minimum Gasteiger partial charge on any atom is -0.326 e. The van der Waals surface area contributed by atoms with Crippen LogP contribution in [0.3, 0.4) is 0 Å². The minimum absolute atomic E-state index is 0.0259. The predicted octanol–water partition coefficient (Wildman–Crippen LogP) is 4.96. The second-order valence-corrected chi connectivity index (χ2v) is 6.48. The van der Waals surface area contributed by atoms with Crippen LogP contribution in [0.1, 0.15) is 37.0 Å². The highest BCUT2D eigenvalue weighted by Crippen LogP contribution is 2.30. The number of carbonyl (C=O) groups excluding carboxylic acids is 2. The number of amides is 2. The van der Waals surface area contributed by atoms with Crippen molar-refractivity contribution in [2.45, 2.75) is 39.8 Å². The predicted molar refractivity (Wildman–Crippen MR) is 103 cm³/mol. The number of hydrogen-bond donors (Lipinski definition) is 1. The van der Waals surface area contributed by atoms with Gasteiger partial charge >= 0.3 is 6.18 Å². The van der Waals surface area contributed by atoms with Gasteiger partial charge in [-0.25, -0.2) is 0 Å². The Morgan fingerprint density at radius 1 is 1.07 bits per heavy atom. The molecule has 0 unspecified atom stereocenters. The number of anilines is 2. The van der Waals surface area contributed by atoms with E-state index in [1.807, 2.05) is 32.0 Å².